The third-order valence-corrected chi connectivity index (χ3v) is 7.24. The number of rotatable bonds is 1. The van der Waals surface area contributed by atoms with Crippen molar-refractivity contribution in [1.29, 1.82) is 0 Å². The van der Waals surface area contributed by atoms with Crippen molar-refractivity contribution in [2.45, 2.75) is 64.7 Å². The molecule has 29 heavy (non-hydrogen) atoms. The SMILES string of the molecule is CC(C)(C)c1ccc2c(c1)-c1cc(C(C)(C)C)ccc1C2C1=[C]([Zr+2])CC=C1.[Cl-].[Cl-]. The largest absolute Gasteiger partial charge is 1.00 e. The van der Waals surface area contributed by atoms with Crippen molar-refractivity contribution < 1.29 is 49.5 Å². The van der Waals surface area contributed by atoms with Crippen molar-refractivity contribution >= 4 is 0 Å². The Kier molecular flexibility index (Phi) is 7.22. The topological polar surface area (TPSA) is 0 Å². The van der Waals surface area contributed by atoms with E-state index in [-0.39, 0.29) is 35.6 Å². The summed E-state index contributed by atoms with van der Waals surface area (Å²) in [5.74, 6) is 0.408. The van der Waals surface area contributed by atoms with Crippen LogP contribution in [0.15, 0.2) is 57.4 Å². The summed E-state index contributed by atoms with van der Waals surface area (Å²) in [5.41, 5.74) is 10.6. The van der Waals surface area contributed by atoms with E-state index in [9.17, 15) is 0 Å². The Balaban J connectivity index is 0.00000150. The maximum atomic E-state index is 2.46. The zero-order valence-electron chi connectivity index (χ0n) is 18.2. The van der Waals surface area contributed by atoms with Gasteiger partial charge < -0.3 is 24.8 Å². The zero-order chi connectivity index (χ0) is 19.6. The third-order valence-electron chi connectivity index (χ3n) is 6.03. The minimum atomic E-state index is 0. The van der Waals surface area contributed by atoms with Crippen LogP contribution in [0.3, 0.4) is 0 Å². The van der Waals surface area contributed by atoms with Crippen molar-refractivity contribution in [3.63, 3.8) is 0 Å². The van der Waals surface area contributed by atoms with Gasteiger partial charge in [0.25, 0.3) is 0 Å². The third kappa shape index (κ3) is 4.39. The Morgan fingerprint density at radius 3 is 1.55 bits per heavy atom. The van der Waals surface area contributed by atoms with Crippen LogP contribution in [0.2, 0.25) is 0 Å². The van der Waals surface area contributed by atoms with Gasteiger partial charge >= 0.3 is 180 Å². The predicted octanol–water partition coefficient (Wildman–Crippen LogP) is 1.16. The minimum absolute atomic E-state index is 0. The molecule has 2 aromatic carbocycles. The van der Waals surface area contributed by atoms with Gasteiger partial charge in [-0.05, 0) is 0 Å². The molecule has 0 amide bonds. The quantitative estimate of drug-likeness (QED) is 0.548. The number of hydrogen-bond donors (Lipinski definition) is 0. The van der Waals surface area contributed by atoms with Gasteiger partial charge in [-0.3, -0.25) is 0 Å². The molecule has 0 nitrogen and oxygen atoms in total. The molecule has 2 aliphatic rings. The maximum Gasteiger partial charge on any atom is -1.00 e. The molecule has 0 radical (unpaired) electrons. The van der Waals surface area contributed by atoms with E-state index in [1.54, 1.807) is 33.6 Å². The first kappa shape index (κ1) is 24.7. The average molecular weight is 504 g/mol. The molecule has 0 spiro atoms. The molecule has 0 saturated carbocycles. The molecule has 151 valence electrons. The van der Waals surface area contributed by atoms with Crippen molar-refractivity contribution in [2.75, 3.05) is 0 Å². The molecule has 0 bridgehead atoms. The van der Waals surface area contributed by atoms with Gasteiger partial charge in [0.2, 0.25) is 0 Å². The standard InChI is InChI=1S/C26H29.2ClH.Zr/c1-25(2,3)18-11-13-20-22(15-18)23-16-19(26(4,5)6)12-14-21(23)24(20)17-9-7-8-10-17;;;/h7,9,11-16,24H,8H2,1-6H3;2*1H;/q;;;+2/p-2. The maximum absolute atomic E-state index is 2.46. The summed E-state index contributed by atoms with van der Waals surface area (Å²) in [6.45, 7) is 13.9. The molecular formula is C26H29Cl2Zr. The van der Waals surface area contributed by atoms with Gasteiger partial charge in [0.1, 0.15) is 0 Å². The van der Waals surface area contributed by atoms with Crippen LogP contribution in [-0.2, 0) is 35.5 Å². The van der Waals surface area contributed by atoms with Crippen LogP contribution in [0.5, 0.6) is 0 Å². The van der Waals surface area contributed by atoms with Gasteiger partial charge in [-0.25, -0.2) is 0 Å². The molecular weight excluding hydrogens is 474 g/mol. The number of halogens is 2. The molecule has 3 heteroatoms. The Morgan fingerprint density at radius 1 is 0.759 bits per heavy atom. The summed E-state index contributed by atoms with van der Waals surface area (Å²) in [6.07, 6.45) is 5.85. The molecule has 0 heterocycles. The van der Waals surface area contributed by atoms with E-state index in [0.29, 0.717) is 5.92 Å². The van der Waals surface area contributed by atoms with Crippen molar-refractivity contribution in [1.82, 2.24) is 0 Å². The molecule has 0 aliphatic heterocycles. The first-order valence-electron chi connectivity index (χ1n) is 9.98. The fourth-order valence-corrected chi connectivity index (χ4v) is 5.16. The summed E-state index contributed by atoms with van der Waals surface area (Å²) < 4.78 is 1.60. The molecule has 0 N–H and O–H groups in total. The summed E-state index contributed by atoms with van der Waals surface area (Å²) in [4.78, 5) is 0. The fraction of sp³-hybridized carbons (Fsp3) is 0.385. The normalized spacial score (nSPS) is 15.7. The van der Waals surface area contributed by atoms with Gasteiger partial charge in [0, 0.05) is 0 Å². The Bertz CT molecular complexity index is 921. The van der Waals surface area contributed by atoms with E-state index in [0.717, 1.165) is 6.42 Å². The first-order chi connectivity index (χ1) is 12.6. The number of hydrogen-bond acceptors (Lipinski definition) is 0. The molecule has 0 fully saturated rings. The summed E-state index contributed by atoms with van der Waals surface area (Å²) in [5, 5.41) is 0. The molecule has 0 aromatic heterocycles. The smallest absolute Gasteiger partial charge is 1.00 e. The summed E-state index contributed by atoms with van der Waals surface area (Å²) in [7, 11) is 0. The Hall–Kier alpha value is -0.617. The van der Waals surface area contributed by atoms with Crippen molar-refractivity contribution in [2.24, 2.45) is 0 Å². The number of allylic oxidation sites excluding steroid dienone is 4. The second kappa shape index (κ2) is 8.49. The van der Waals surface area contributed by atoms with Crippen molar-refractivity contribution in [3.8, 4) is 11.1 Å². The monoisotopic (exact) mass is 501 g/mol. The van der Waals surface area contributed by atoms with E-state index in [1.165, 1.54) is 33.4 Å². The second-order valence-electron chi connectivity index (χ2n) is 10.1. The van der Waals surface area contributed by atoms with Crippen LogP contribution in [0, 0.1) is 0 Å². The molecule has 2 aliphatic carbocycles. The molecule has 0 saturated heterocycles. The van der Waals surface area contributed by atoms with Gasteiger partial charge in [-0.15, -0.1) is 0 Å². The van der Waals surface area contributed by atoms with E-state index >= 15 is 0 Å². The van der Waals surface area contributed by atoms with Crippen LogP contribution in [0.25, 0.3) is 11.1 Å². The number of benzene rings is 2. The molecule has 2 aromatic rings. The second-order valence-corrected chi connectivity index (χ2v) is 11.6. The van der Waals surface area contributed by atoms with Crippen LogP contribution >= 0.6 is 0 Å². The van der Waals surface area contributed by atoms with Gasteiger partial charge in [-0.1, -0.05) is 0 Å². The average Bonchev–Trinajstić information content (AvgIpc) is 3.13. The molecule has 4 rings (SSSR count). The minimum Gasteiger partial charge on any atom is -1.00 e. The van der Waals surface area contributed by atoms with Crippen LogP contribution in [0.1, 0.15) is 76.1 Å². The summed E-state index contributed by atoms with van der Waals surface area (Å²) >= 11 is 1.55. The first-order valence-corrected chi connectivity index (χ1v) is 11.2. The van der Waals surface area contributed by atoms with Gasteiger partial charge in [-0.2, -0.15) is 0 Å². The van der Waals surface area contributed by atoms with Gasteiger partial charge in [0.15, 0.2) is 0 Å². The summed E-state index contributed by atoms with van der Waals surface area (Å²) in [6, 6.07) is 14.4. The molecule has 0 atom stereocenters. The molecule has 0 unspecified atom stereocenters. The van der Waals surface area contributed by atoms with E-state index in [2.05, 4.69) is 90.1 Å². The van der Waals surface area contributed by atoms with Crippen molar-refractivity contribution in [3.05, 3.63) is 79.7 Å². The van der Waals surface area contributed by atoms with Gasteiger partial charge in [0.05, 0.1) is 0 Å². The Morgan fingerprint density at radius 2 is 1.21 bits per heavy atom. The van der Waals surface area contributed by atoms with E-state index < -0.39 is 0 Å². The van der Waals surface area contributed by atoms with E-state index in [1.807, 2.05) is 0 Å². The fourth-order valence-electron chi connectivity index (χ4n) is 4.31. The Labute approximate surface area is 203 Å². The van der Waals surface area contributed by atoms with Crippen LogP contribution in [0.4, 0.5) is 0 Å². The predicted molar refractivity (Wildman–Crippen MR) is 112 cm³/mol. The number of fused-ring (bicyclic) bond motifs is 3. The van der Waals surface area contributed by atoms with Crippen LogP contribution < -0.4 is 24.8 Å². The van der Waals surface area contributed by atoms with E-state index in [4.69, 9.17) is 0 Å². The zero-order valence-corrected chi connectivity index (χ0v) is 22.1. The van der Waals surface area contributed by atoms with Crippen LogP contribution in [-0.4, -0.2) is 0 Å².